The molecule has 3 aromatic rings. The minimum Gasteiger partial charge on any atom is -0.354 e. The molecule has 2 aliphatic rings. The lowest BCUT2D eigenvalue weighted by atomic mass is 9.73. The molecule has 0 aliphatic carbocycles. The van der Waals surface area contributed by atoms with Gasteiger partial charge in [-0.2, -0.15) is 0 Å². The van der Waals surface area contributed by atoms with E-state index in [0.717, 1.165) is 16.1 Å². The van der Waals surface area contributed by atoms with Gasteiger partial charge in [0.05, 0.1) is 0 Å². The van der Waals surface area contributed by atoms with Crippen LogP contribution in [0.4, 0.5) is 4.79 Å². The van der Waals surface area contributed by atoms with Crippen LogP contribution in [0, 0.1) is 19.8 Å². The van der Waals surface area contributed by atoms with Gasteiger partial charge in [-0.15, -0.1) is 11.3 Å². The van der Waals surface area contributed by atoms with Gasteiger partial charge in [0.2, 0.25) is 0 Å². The Labute approximate surface area is 208 Å². The van der Waals surface area contributed by atoms with E-state index in [9.17, 15) is 14.4 Å². The lowest BCUT2D eigenvalue weighted by molar-refractivity contribution is -0.134. The smallest absolute Gasteiger partial charge is 0.325 e. The average Bonchev–Trinajstić information content (AvgIpc) is 3.57. The number of aromatic amines is 1. The highest BCUT2D eigenvalue weighted by Gasteiger charge is 2.57. The van der Waals surface area contributed by atoms with E-state index in [2.05, 4.69) is 15.3 Å². The van der Waals surface area contributed by atoms with Gasteiger partial charge in [0.15, 0.2) is 5.54 Å². The number of rotatable bonds is 6. The van der Waals surface area contributed by atoms with E-state index in [4.69, 9.17) is 0 Å². The summed E-state index contributed by atoms with van der Waals surface area (Å²) in [6, 6.07) is 9.23. The molecule has 0 aromatic carbocycles. The molecule has 4 amide bonds. The SMILES string of the molecule is Cc1cc(C)c(C(=O)N2CCC(C3(c4cccnc4)NC(=O)N(CCc4cccs4)C3=O)CC2)[nH]1. The molecule has 2 fully saturated rings. The Morgan fingerprint density at radius 1 is 1.20 bits per heavy atom. The number of nitrogens with one attached hydrogen (secondary N) is 2. The van der Waals surface area contributed by atoms with Gasteiger partial charge >= 0.3 is 6.03 Å². The van der Waals surface area contributed by atoms with Crippen LogP contribution in [0.25, 0.3) is 0 Å². The minimum atomic E-state index is -1.17. The maximum Gasteiger partial charge on any atom is 0.325 e. The summed E-state index contributed by atoms with van der Waals surface area (Å²) in [6.45, 7) is 5.23. The standard InChI is InChI=1S/C26H29N5O3S/c1-17-15-18(2)28-22(17)23(32)30-11-7-19(8-12-30)26(20-5-3-10-27-16-20)24(33)31(25(34)29-26)13-9-21-6-4-14-35-21/h3-6,10,14-16,19,28H,7-9,11-13H2,1-2H3,(H,29,34). The third kappa shape index (κ3) is 4.14. The van der Waals surface area contributed by atoms with Crippen LogP contribution in [0.3, 0.4) is 0 Å². The summed E-state index contributed by atoms with van der Waals surface area (Å²) in [5.41, 5.74) is 2.03. The summed E-state index contributed by atoms with van der Waals surface area (Å²) in [5, 5.41) is 5.06. The number of aryl methyl sites for hydroxylation is 2. The molecule has 0 radical (unpaired) electrons. The fourth-order valence-electron chi connectivity index (χ4n) is 5.40. The van der Waals surface area contributed by atoms with E-state index in [1.807, 2.05) is 48.4 Å². The van der Waals surface area contributed by atoms with Crippen LogP contribution in [0.1, 0.15) is 45.0 Å². The van der Waals surface area contributed by atoms with Crippen molar-refractivity contribution in [3.63, 3.8) is 0 Å². The average molecular weight is 492 g/mol. The van der Waals surface area contributed by atoms with Crippen LogP contribution in [-0.2, 0) is 16.8 Å². The first-order chi connectivity index (χ1) is 16.9. The molecule has 35 heavy (non-hydrogen) atoms. The number of amides is 4. The first-order valence-corrected chi connectivity index (χ1v) is 12.8. The number of aromatic nitrogens is 2. The zero-order valence-electron chi connectivity index (χ0n) is 19.9. The van der Waals surface area contributed by atoms with Crippen molar-refractivity contribution >= 4 is 29.2 Å². The number of hydrogen-bond donors (Lipinski definition) is 2. The van der Waals surface area contributed by atoms with Gasteiger partial charge in [-0.25, -0.2) is 4.79 Å². The summed E-state index contributed by atoms with van der Waals surface area (Å²) >= 11 is 1.62. The Balaban J connectivity index is 1.38. The normalized spacial score (nSPS) is 21.0. The van der Waals surface area contributed by atoms with Gasteiger partial charge in [0.1, 0.15) is 5.69 Å². The predicted molar refractivity (Wildman–Crippen MR) is 133 cm³/mol. The molecule has 182 valence electrons. The summed E-state index contributed by atoms with van der Waals surface area (Å²) < 4.78 is 0. The Kier molecular flexibility index (Phi) is 6.19. The number of carbonyl (C=O) groups excluding carboxylic acids is 3. The van der Waals surface area contributed by atoms with Gasteiger partial charge in [0, 0.05) is 48.2 Å². The van der Waals surface area contributed by atoms with Crippen molar-refractivity contribution in [3.05, 3.63) is 75.5 Å². The number of piperidine rings is 1. The molecule has 8 nitrogen and oxygen atoms in total. The van der Waals surface area contributed by atoms with E-state index in [-0.39, 0.29) is 23.8 Å². The first-order valence-electron chi connectivity index (χ1n) is 11.9. The number of imide groups is 1. The number of thiophene rings is 1. The maximum atomic E-state index is 13.9. The van der Waals surface area contributed by atoms with Crippen molar-refractivity contribution < 1.29 is 14.4 Å². The van der Waals surface area contributed by atoms with Gasteiger partial charge in [-0.1, -0.05) is 12.1 Å². The molecule has 0 bridgehead atoms. The molecule has 2 aliphatic heterocycles. The lowest BCUT2D eigenvalue weighted by Gasteiger charge is -2.41. The van der Waals surface area contributed by atoms with Crippen LogP contribution in [-0.4, -0.2) is 57.2 Å². The third-order valence-electron chi connectivity index (χ3n) is 7.17. The molecule has 0 saturated carbocycles. The Morgan fingerprint density at radius 3 is 2.63 bits per heavy atom. The second kappa shape index (κ2) is 9.30. The molecule has 5 rings (SSSR count). The Bertz CT molecular complexity index is 1230. The van der Waals surface area contributed by atoms with E-state index >= 15 is 0 Å². The number of hydrogen-bond acceptors (Lipinski definition) is 5. The van der Waals surface area contributed by atoms with Gasteiger partial charge in [-0.05, 0) is 68.2 Å². The van der Waals surface area contributed by atoms with Crippen molar-refractivity contribution in [1.82, 2.24) is 25.1 Å². The fraction of sp³-hybridized carbons (Fsp3) is 0.385. The Morgan fingerprint density at radius 2 is 2.00 bits per heavy atom. The summed E-state index contributed by atoms with van der Waals surface area (Å²) in [5.74, 6) is -0.401. The molecule has 0 spiro atoms. The molecule has 1 atom stereocenters. The van der Waals surface area contributed by atoms with Crippen molar-refractivity contribution in [1.29, 1.82) is 0 Å². The van der Waals surface area contributed by atoms with Crippen molar-refractivity contribution in [2.24, 2.45) is 5.92 Å². The summed E-state index contributed by atoms with van der Waals surface area (Å²) in [4.78, 5) is 51.8. The molecular formula is C26H29N5O3S. The van der Waals surface area contributed by atoms with Gasteiger partial charge < -0.3 is 15.2 Å². The highest BCUT2D eigenvalue weighted by molar-refractivity contribution is 7.09. The largest absolute Gasteiger partial charge is 0.354 e. The molecule has 2 N–H and O–H groups in total. The van der Waals surface area contributed by atoms with Crippen molar-refractivity contribution in [2.75, 3.05) is 19.6 Å². The molecule has 1 unspecified atom stereocenters. The zero-order chi connectivity index (χ0) is 24.6. The number of nitrogens with zero attached hydrogens (tertiary/aromatic N) is 3. The quantitative estimate of drug-likeness (QED) is 0.515. The van der Waals surface area contributed by atoms with Crippen LogP contribution in [0.2, 0.25) is 0 Å². The van der Waals surface area contributed by atoms with Gasteiger partial charge in [-0.3, -0.25) is 19.5 Å². The van der Waals surface area contributed by atoms with E-state index < -0.39 is 5.54 Å². The van der Waals surface area contributed by atoms with Crippen LogP contribution in [0.5, 0.6) is 0 Å². The second-order valence-corrected chi connectivity index (χ2v) is 10.4. The van der Waals surface area contributed by atoms with Crippen molar-refractivity contribution in [2.45, 2.75) is 38.6 Å². The summed E-state index contributed by atoms with van der Waals surface area (Å²) in [7, 11) is 0. The number of carbonyl (C=O) groups is 3. The van der Waals surface area contributed by atoms with Crippen LogP contribution in [0.15, 0.2) is 48.1 Å². The number of pyridine rings is 1. The zero-order valence-corrected chi connectivity index (χ0v) is 20.7. The Hall–Kier alpha value is -3.46. The van der Waals surface area contributed by atoms with E-state index in [0.29, 0.717) is 50.2 Å². The first kappa shape index (κ1) is 23.3. The second-order valence-electron chi connectivity index (χ2n) is 9.34. The molecule has 9 heteroatoms. The monoisotopic (exact) mass is 491 g/mol. The predicted octanol–water partition coefficient (Wildman–Crippen LogP) is 3.63. The molecule has 2 saturated heterocycles. The maximum absolute atomic E-state index is 13.9. The molecular weight excluding hydrogens is 462 g/mol. The van der Waals surface area contributed by atoms with Crippen LogP contribution < -0.4 is 5.32 Å². The number of likely N-dealkylation sites (tertiary alicyclic amines) is 1. The fourth-order valence-corrected chi connectivity index (χ4v) is 6.10. The third-order valence-corrected chi connectivity index (χ3v) is 8.10. The van der Waals surface area contributed by atoms with E-state index in [1.54, 1.807) is 29.8 Å². The van der Waals surface area contributed by atoms with Crippen LogP contribution >= 0.6 is 11.3 Å². The van der Waals surface area contributed by atoms with Crippen molar-refractivity contribution in [3.8, 4) is 0 Å². The minimum absolute atomic E-state index is 0.0242. The van der Waals surface area contributed by atoms with E-state index in [1.165, 1.54) is 4.90 Å². The lowest BCUT2D eigenvalue weighted by Crippen LogP contribution is -2.54. The molecule has 3 aromatic heterocycles. The molecule has 5 heterocycles. The number of H-pyrrole nitrogens is 1. The highest BCUT2D eigenvalue weighted by Crippen LogP contribution is 2.41. The topological polar surface area (TPSA) is 98.4 Å². The summed E-state index contributed by atoms with van der Waals surface area (Å²) in [6.07, 6.45) is 5.16. The number of urea groups is 1. The van der Waals surface area contributed by atoms with Gasteiger partial charge in [0.25, 0.3) is 11.8 Å². The highest BCUT2D eigenvalue weighted by atomic mass is 32.1.